The van der Waals surface area contributed by atoms with E-state index in [4.69, 9.17) is 5.73 Å². The number of carbonyl (C=O) groups excluding carboxylic acids is 1. The third-order valence-corrected chi connectivity index (χ3v) is 8.26. The van der Waals surface area contributed by atoms with Crippen LogP contribution < -0.4 is 15.5 Å². The molecule has 0 bridgehead atoms. The molecule has 2 aromatic carbocycles. The Kier molecular flexibility index (Phi) is 6.73. The van der Waals surface area contributed by atoms with Crippen LogP contribution in [-0.4, -0.2) is 37.0 Å². The Hall–Kier alpha value is -3.92. The van der Waals surface area contributed by atoms with Crippen LogP contribution in [0, 0.1) is 6.92 Å². The van der Waals surface area contributed by atoms with E-state index in [0.29, 0.717) is 12.1 Å². The van der Waals surface area contributed by atoms with Crippen LogP contribution in [0.15, 0.2) is 70.0 Å². The summed E-state index contributed by atoms with van der Waals surface area (Å²) in [6, 6.07) is 9.86. The molecule has 0 spiro atoms. The topological polar surface area (TPSA) is 140 Å². The second-order valence-corrected chi connectivity index (χ2v) is 10.9. The lowest BCUT2D eigenvalue weighted by molar-refractivity contribution is -0.120. The van der Waals surface area contributed by atoms with E-state index in [1.807, 2.05) is 19.1 Å². The van der Waals surface area contributed by atoms with E-state index in [1.165, 1.54) is 23.7 Å². The van der Waals surface area contributed by atoms with Crippen molar-refractivity contribution in [3.05, 3.63) is 81.7 Å². The molecule has 9 nitrogen and oxygen atoms in total. The number of anilines is 1. The fourth-order valence-corrected chi connectivity index (χ4v) is 5.81. The number of hydrogen-bond donors (Lipinski definition) is 2. The first-order chi connectivity index (χ1) is 17.0. The molecule has 1 aliphatic carbocycles. The van der Waals surface area contributed by atoms with Gasteiger partial charge in [0.2, 0.25) is 11.3 Å². The minimum Gasteiger partial charge on any atom is -0.477 e. The first-order valence-electron chi connectivity index (χ1n) is 11.5. The number of pyridine rings is 1. The number of aromatic nitrogens is 1. The number of sulfonamides is 1. The second kappa shape index (κ2) is 9.62. The molecule has 1 amide bonds. The van der Waals surface area contributed by atoms with E-state index in [1.54, 1.807) is 18.2 Å². The van der Waals surface area contributed by atoms with Crippen LogP contribution in [0.2, 0.25) is 0 Å². The molecule has 0 radical (unpaired) electrons. The van der Waals surface area contributed by atoms with E-state index in [0.717, 1.165) is 47.0 Å². The van der Waals surface area contributed by atoms with Gasteiger partial charge in [-0.2, -0.15) is 0 Å². The maximum atomic E-state index is 13.4. The predicted molar refractivity (Wildman–Crippen MR) is 137 cm³/mol. The number of amides is 1. The van der Waals surface area contributed by atoms with E-state index < -0.39 is 38.9 Å². The molecule has 3 N–H and O–H groups in total. The Balaban J connectivity index is 1.94. The van der Waals surface area contributed by atoms with E-state index in [9.17, 15) is 27.9 Å². The van der Waals surface area contributed by atoms with E-state index in [-0.39, 0.29) is 15.8 Å². The minimum absolute atomic E-state index is 0.128. The number of fused-ring (bicyclic) bond motifs is 1. The fraction of sp³-hybridized carbons (Fsp3) is 0.269. The Morgan fingerprint density at radius 2 is 1.89 bits per heavy atom. The lowest BCUT2D eigenvalue weighted by Gasteiger charge is -2.26. The molecule has 0 saturated carbocycles. The van der Waals surface area contributed by atoms with Crippen LogP contribution in [0.25, 0.3) is 10.9 Å². The summed E-state index contributed by atoms with van der Waals surface area (Å²) in [5.41, 5.74) is 6.59. The number of benzene rings is 2. The largest absolute Gasteiger partial charge is 0.477 e. The number of aryl methyl sites for hydroxylation is 1. The third-order valence-electron chi connectivity index (χ3n) is 6.48. The Morgan fingerprint density at radius 1 is 1.14 bits per heavy atom. The molecule has 188 valence electrons. The number of hydrogen-bond acceptors (Lipinski definition) is 5. The summed E-state index contributed by atoms with van der Waals surface area (Å²) in [6.07, 6.45) is 6.22. The van der Waals surface area contributed by atoms with Crippen LogP contribution in [0.3, 0.4) is 0 Å². The average molecular weight is 510 g/mol. The van der Waals surface area contributed by atoms with Crippen molar-refractivity contribution in [2.45, 2.75) is 43.5 Å². The number of nitrogens with two attached hydrogens (primary N) is 1. The molecule has 4 rings (SSSR count). The van der Waals surface area contributed by atoms with Crippen LogP contribution in [-0.2, 0) is 14.8 Å². The van der Waals surface area contributed by atoms with Crippen molar-refractivity contribution in [2.75, 3.05) is 11.4 Å². The highest BCUT2D eigenvalue weighted by Crippen LogP contribution is 2.31. The maximum absolute atomic E-state index is 13.4. The Bertz CT molecular complexity index is 1570. The molecule has 10 heteroatoms. The van der Waals surface area contributed by atoms with Crippen molar-refractivity contribution in [1.82, 2.24) is 4.57 Å². The molecular formula is C26H27N3O6S. The molecule has 0 fully saturated rings. The van der Waals surface area contributed by atoms with Gasteiger partial charge in [0.05, 0.1) is 16.1 Å². The van der Waals surface area contributed by atoms with Gasteiger partial charge in [0.1, 0.15) is 11.6 Å². The zero-order valence-electron chi connectivity index (χ0n) is 20.0. The first kappa shape index (κ1) is 25.2. The minimum atomic E-state index is -4.09. The van der Waals surface area contributed by atoms with Gasteiger partial charge in [-0.3, -0.25) is 13.9 Å². The molecule has 0 saturated heterocycles. The van der Waals surface area contributed by atoms with E-state index >= 15 is 0 Å². The molecule has 1 aliphatic rings. The number of carboxylic acid groups (broad SMARTS) is 1. The summed E-state index contributed by atoms with van der Waals surface area (Å²) < 4.78 is 29.3. The number of primary amides is 1. The van der Waals surface area contributed by atoms with Gasteiger partial charge in [-0.05, 0) is 74.1 Å². The SMILES string of the molecule is Cc1cccc(N(C)S(=O)(=O)c2ccc3c(c2)c(=O)c(C(=O)O)cn3C(C(N)=O)C2=CCCCC2)c1. The zero-order chi connectivity index (χ0) is 26.2. The highest BCUT2D eigenvalue weighted by atomic mass is 32.2. The quantitative estimate of drug-likeness (QED) is 0.468. The van der Waals surface area contributed by atoms with Crippen molar-refractivity contribution in [1.29, 1.82) is 0 Å². The molecule has 36 heavy (non-hydrogen) atoms. The molecule has 3 aromatic rings. The van der Waals surface area contributed by atoms with Gasteiger partial charge in [-0.15, -0.1) is 0 Å². The summed E-state index contributed by atoms with van der Waals surface area (Å²) >= 11 is 0. The third kappa shape index (κ3) is 4.51. The molecule has 1 heterocycles. The van der Waals surface area contributed by atoms with Crippen LogP contribution in [0.4, 0.5) is 5.69 Å². The van der Waals surface area contributed by atoms with Crippen molar-refractivity contribution in [3.8, 4) is 0 Å². The van der Waals surface area contributed by atoms with Crippen LogP contribution >= 0.6 is 0 Å². The molecule has 1 aromatic heterocycles. The number of aromatic carboxylic acids is 1. The lowest BCUT2D eigenvalue weighted by Crippen LogP contribution is -2.31. The normalized spacial score (nSPS) is 14.8. The van der Waals surface area contributed by atoms with Crippen molar-refractivity contribution >= 4 is 38.5 Å². The van der Waals surface area contributed by atoms with Gasteiger partial charge in [-0.25, -0.2) is 13.2 Å². The van der Waals surface area contributed by atoms with Crippen LogP contribution in [0.5, 0.6) is 0 Å². The highest BCUT2D eigenvalue weighted by molar-refractivity contribution is 7.92. The van der Waals surface area contributed by atoms with Gasteiger partial charge in [0, 0.05) is 18.6 Å². The zero-order valence-corrected chi connectivity index (χ0v) is 20.8. The lowest BCUT2D eigenvalue weighted by atomic mass is 9.92. The number of carbonyl (C=O) groups is 2. The van der Waals surface area contributed by atoms with Crippen molar-refractivity contribution < 1.29 is 23.1 Å². The van der Waals surface area contributed by atoms with Gasteiger partial charge in [-0.1, -0.05) is 18.2 Å². The van der Waals surface area contributed by atoms with Gasteiger partial charge in [0.15, 0.2) is 0 Å². The molecule has 1 unspecified atom stereocenters. The second-order valence-electron chi connectivity index (χ2n) is 8.90. The molecular weight excluding hydrogens is 482 g/mol. The smallest absolute Gasteiger partial charge is 0.341 e. The van der Waals surface area contributed by atoms with Crippen LogP contribution in [0.1, 0.15) is 47.6 Å². The monoisotopic (exact) mass is 509 g/mol. The summed E-state index contributed by atoms with van der Waals surface area (Å²) in [4.78, 5) is 37.4. The van der Waals surface area contributed by atoms with Gasteiger partial charge < -0.3 is 15.4 Å². The average Bonchev–Trinajstić information content (AvgIpc) is 2.85. The highest BCUT2D eigenvalue weighted by Gasteiger charge is 2.28. The van der Waals surface area contributed by atoms with Gasteiger partial charge >= 0.3 is 5.97 Å². The maximum Gasteiger partial charge on any atom is 0.341 e. The number of allylic oxidation sites excluding steroid dienone is 1. The van der Waals surface area contributed by atoms with Crippen molar-refractivity contribution in [2.24, 2.45) is 5.73 Å². The number of rotatable bonds is 7. The number of carboxylic acids is 1. The summed E-state index contributed by atoms with van der Waals surface area (Å²) in [6.45, 7) is 1.84. The molecule has 0 aliphatic heterocycles. The van der Waals surface area contributed by atoms with E-state index in [2.05, 4.69) is 0 Å². The first-order valence-corrected chi connectivity index (χ1v) is 12.9. The predicted octanol–water partition coefficient (Wildman–Crippen LogP) is 3.36. The fourth-order valence-electron chi connectivity index (χ4n) is 4.59. The van der Waals surface area contributed by atoms with Gasteiger partial charge in [0.25, 0.3) is 10.0 Å². The Labute approximate surface area is 208 Å². The number of nitrogens with zero attached hydrogens (tertiary/aromatic N) is 2. The summed E-state index contributed by atoms with van der Waals surface area (Å²) in [7, 11) is -2.68. The summed E-state index contributed by atoms with van der Waals surface area (Å²) in [5, 5.41) is 9.57. The van der Waals surface area contributed by atoms with Crippen molar-refractivity contribution in [3.63, 3.8) is 0 Å². The Morgan fingerprint density at radius 3 is 2.50 bits per heavy atom. The standard InChI is InChI=1S/C26H27N3O6S/c1-16-7-6-10-18(13-16)28(2)36(34,35)19-11-12-22-20(14-19)24(30)21(26(32)33)15-29(22)23(25(27)31)17-8-4-3-5-9-17/h6-8,10-15,23H,3-5,9H2,1-2H3,(H2,27,31)(H,32,33). The summed E-state index contributed by atoms with van der Waals surface area (Å²) in [5.74, 6) is -2.18. The molecule has 1 atom stereocenters.